The van der Waals surface area contributed by atoms with Crippen LogP contribution >= 0.6 is 0 Å². The molecule has 0 aliphatic carbocycles. The Balaban J connectivity index is 3.72. The van der Waals surface area contributed by atoms with Gasteiger partial charge in [-0.3, -0.25) is 4.79 Å². The molecule has 0 fully saturated rings. The van der Waals surface area contributed by atoms with Gasteiger partial charge in [-0.1, -0.05) is 0 Å². The van der Waals surface area contributed by atoms with Gasteiger partial charge in [-0.2, -0.15) is 0 Å². The van der Waals surface area contributed by atoms with Crippen molar-refractivity contribution in [3.8, 4) is 0 Å². The van der Waals surface area contributed by atoms with Crippen molar-refractivity contribution in [3.05, 3.63) is 0 Å². The molecule has 4 heteroatoms. The summed E-state index contributed by atoms with van der Waals surface area (Å²) in [6, 6.07) is -0.0134. The van der Waals surface area contributed by atoms with E-state index in [1.165, 1.54) is 0 Å². The van der Waals surface area contributed by atoms with E-state index in [1.807, 2.05) is 7.05 Å². The van der Waals surface area contributed by atoms with Crippen molar-refractivity contribution in [3.63, 3.8) is 0 Å². The minimum Gasteiger partial charge on any atom is -0.465 e. The number of nitrogens with two attached hydrogens (primary N) is 1. The lowest BCUT2D eigenvalue weighted by Gasteiger charge is -2.22. The zero-order valence-corrected chi connectivity index (χ0v) is 9.62. The summed E-state index contributed by atoms with van der Waals surface area (Å²) in [4.78, 5) is 13.3. The number of hydrogen-bond acceptors (Lipinski definition) is 4. The summed E-state index contributed by atoms with van der Waals surface area (Å²) in [6.07, 6.45) is 0.646. The van der Waals surface area contributed by atoms with E-state index < -0.39 is 6.04 Å². The fourth-order valence-corrected chi connectivity index (χ4v) is 0.968. The third-order valence-corrected chi connectivity index (χ3v) is 2.26. The van der Waals surface area contributed by atoms with Crippen LogP contribution in [-0.4, -0.2) is 43.2 Å². The number of carbonyl (C=O) groups excluding carboxylic acids is 1. The SMILES string of the molecule is CCOC(=O)C(N)CCN(C)C(C)C. The number of rotatable bonds is 6. The fraction of sp³-hybridized carbons (Fsp3) is 0.900. The van der Waals surface area contributed by atoms with Crippen LogP contribution in [0.2, 0.25) is 0 Å². The Labute approximate surface area is 86.4 Å². The Hall–Kier alpha value is -0.610. The van der Waals surface area contributed by atoms with Crippen LogP contribution in [0, 0.1) is 0 Å². The normalized spacial score (nSPS) is 13.4. The molecule has 0 aromatic heterocycles. The van der Waals surface area contributed by atoms with E-state index in [0.29, 0.717) is 19.1 Å². The molecule has 0 radical (unpaired) electrons. The summed E-state index contributed by atoms with van der Waals surface area (Å²) in [7, 11) is 2.02. The maximum Gasteiger partial charge on any atom is 0.322 e. The summed E-state index contributed by atoms with van der Waals surface area (Å²) in [5, 5.41) is 0. The Morgan fingerprint density at radius 3 is 2.50 bits per heavy atom. The number of carbonyl (C=O) groups is 1. The van der Waals surface area contributed by atoms with Crippen LogP contribution < -0.4 is 5.73 Å². The Bertz CT molecular complexity index is 172. The molecule has 0 aromatic carbocycles. The molecule has 1 unspecified atom stereocenters. The highest BCUT2D eigenvalue weighted by molar-refractivity contribution is 5.75. The van der Waals surface area contributed by atoms with Crippen molar-refractivity contribution in [2.24, 2.45) is 5.73 Å². The number of ether oxygens (including phenoxy) is 1. The van der Waals surface area contributed by atoms with E-state index in [0.717, 1.165) is 6.54 Å². The van der Waals surface area contributed by atoms with E-state index in [4.69, 9.17) is 10.5 Å². The molecule has 0 rings (SSSR count). The van der Waals surface area contributed by atoms with Gasteiger partial charge in [0.25, 0.3) is 0 Å². The fourth-order valence-electron chi connectivity index (χ4n) is 0.968. The first-order valence-corrected chi connectivity index (χ1v) is 5.11. The van der Waals surface area contributed by atoms with Gasteiger partial charge in [0.1, 0.15) is 6.04 Å². The molecular weight excluding hydrogens is 180 g/mol. The van der Waals surface area contributed by atoms with Gasteiger partial charge in [0, 0.05) is 12.6 Å². The standard InChI is InChI=1S/C10H22N2O2/c1-5-14-10(13)9(11)6-7-12(4)8(2)3/h8-9H,5-7,11H2,1-4H3. The molecule has 0 amide bonds. The van der Waals surface area contributed by atoms with Crippen LogP contribution in [0.3, 0.4) is 0 Å². The van der Waals surface area contributed by atoms with Crippen LogP contribution in [0.15, 0.2) is 0 Å². The zero-order chi connectivity index (χ0) is 11.1. The van der Waals surface area contributed by atoms with E-state index in [1.54, 1.807) is 6.92 Å². The van der Waals surface area contributed by atoms with Crippen molar-refractivity contribution in [1.29, 1.82) is 0 Å². The van der Waals surface area contributed by atoms with Crippen LogP contribution in [0.4, 0.5) is 0 Å². The number of esters is 1. The molecular formula is C10H22N2O2. The van der Waals surface area contributed by atoms with Crippen LogP contribution in [0.5, 0.6) is 0 Å². The van der Waals surface area contributed by atoms with Gasteiger partial charge >= 0.3 is 5.97 Å². The van der Waals surface area contributed by atoms with Crippen molar-refractivity contribution < 1.29 is 9.53 Å². The third kappa shape index (κ3) is 5.19. The van der Waals surface area contributed by atoms with Crippen molar-refractivity contribution in [1.82, 2.24) is 4.90 Å². The van der Waals surface area contributed by atoms with Gasteiger partial charge in [-0.25, -0.2) is 0 Å². The van der Waals surface area contributed by atoms with Gasteiger partial charge in [-0.05, 0) is 34.2 Å². The lowest BCUT2D eigenvalue weighted by atomic mass is 10.2. The van der Waals surface area contributed by atoms with Crippen molar-refractivity contribution in [2.75, 3.05) is 20.2 Å². The molecule has 0 bridgehead atoms. The van der Waals surface area contributed by atoms with E-state index in [2.05, 4.69) is 18.7 Å². The number of nitrogens with zero attached hydrogens (tertiary/aromatic N) is 1. The summed E-state index contributed by atoms with van der Waals surface area (Å²) >= 11 is 0. The van der Waals surface area contributed by atoms with Crippen LogP contribution in [-0.2, 0) is 9.53 Å². The molecule has 0 spiro atoms. The van der Waals surface area contributed by atoms with Crippen molar-refractivity contribution >= 4 is 5.97 Å². The van der Waals surface area contributed by atoms with Gasteiger partial charge in [-0.15, -0.1) is 0 Å². The largest absolute Gasteiger partial charge is 0.465 e. The van der Waals surface area contributed by atoms with Crippen LogP contribution in [0.25, 0.3) is 0 Å². The second kappa shape index (κ2) is 6.79. The monoisotopic (exact) mass is 202 g/mol. The first kappa shape index (κ1) is 13.4. The predicted octanol–water partition coefficient (Wildman–Crippen LogP) is 0.607. The smallest absolute Gasteiger partial charge is 0.322 e. The first-order chi connectivity index (χ1) is 6.49. The average molecular weight is 202 g/mol. The highest BCUT2D eigenvalue weighted by atomic mass is 16.5. The minimum absolute atomic E-state index is 0.301. The van der Waals surface area contributed by atoms with Crippen LogP contribution in [0.1, 0.15) is 27.2 Å². The maximum absolute atomic E-state index is 11.2. The highest BCUT2D eigenvalue weighted by Crippen LogP contribution is 1.98. The third-order valence-electron chi connectivity index (χ3n) is 2.26. The van der Waals surface area contributed by atoms with Gasteiger partial charge in [0.15, 0.2) is 0 Å². The lowest BCUT2D eigenvalue weighted by Crippen LogP contribution is -2.37. The van der Waals surface area contributed by atoms with Gasteiger partial charge < -0.3 is 15.4 Å². The number of hydrogen-bond donors (Lipinski definition) is 1. The first-order valence-electron chi connectivity index (χ1n) is 5.11. The summed E-state index contributed by atoms with van der Waals surface area (Å²) < 4.78 is 4.81. The Morgan fingerprint density at radius 2 is 2.07 bits per heavy atom. The second-order valence-corrected chi connectivity index (χ2v) is 3.72. The topological polar surface area (TPSA) is 55.6 Å². The van der Waals surface area contributed by atoms with Gasteiger partial charge in [0.2, 0.25) is 0 Å². The quantitative estimate of drug-likeness (QED) is 0.641. The molecule has 0 saturated heterocycles. The van der Waals surface area contributed by atoms with Crippen molar-refractivity contribution in [2.45, 2.75) is 39.3 Å². The molecule has 0 saturated carbocycles. The molecule has 14 heavy (non-hydrogen) atoms. The van der Waals surface area contributed by atoms with E-state index in [9.17, 15) is 4.79 Å². The molecule has 4 nitrogen and oxygen atoms in total. The predicted molar refractivity (Wildman–Crippen MR) is 57.0 cm³/mol. The zero-order valence-electron chi connectivity index (χ0n) is 9.62. The average Bonchev–Trinajstić information content (AvgIpc) is 2.13. The lowest BCUT2D eigenvalue weighted by molar-refractivity contribution is -0.144. The molecule has 84 valence electrons. The molecule has 0 aliphatic heterocycles. The molecule has 1 atom stereocenters. The highest BCUT2D eigenvalue weighted by Gasteiger charge is 2.15. The maximum atomic E-state index is 11.2. The van der Waals surface area contributed by atoms with E-state index >= 15 is 0 Å². The second-order valence-electron chi connectivity index (χ2n) is 3.72. The molecule has 0 heterocycles. The minimum atomic E-state index is -0.490. The van der Waals surface area contributed by atoms with Gasteiger partial charge in [0.05, 0.1) is 6.61 Å². The van der Waals surface area contributed by atoms with E-state index in [-0.39, 0.29) is 5.97 Å². The Morgan fingerprint density at radius 1 is 1.50 bits per heavy atom. The molecule has 2 N–H and O–H groups in total. The summed E-state index contributed by atoms with van der Waals surface area (Å²) in [6.45, 7) is 7.21. The molecule has 0 aliphatic rings. The summed E-state index contributed by atoms with van der Waals surface area (Å²) in [5.74, 6) is -0.301. The Kier molecular flexibility index (Phi) is 6.49. The summed E-state index contributed by atoms with van der Waals surface area (Å²) in [5.41, 5.74) is 5.65. The molecule has 0 aromatic rings.